The number of hydrogen-bond acceptors (Lipinski definition) is 4. The number of rotatable bonds is 3. The molecule has 0 saturated carbocycles. The molecule has 0 amide bonds. The maximum absolute atomic E-state index is 6.19. The molecule has 2 N–H and O–H groups in total. The Balaban J connectivity index is 2.51. The van der Waals surface area contributed by atoms with Gasteiger partial charge >= 0.3 is 0 Å². The van der Waals surface area contributed by atoms with Gasteiger partial charge in [0.2, 0.25) is 0 Å². The van der Waals surface area contributed by atoms with Crippen LogP contribution in [0.1, 0.15) is 31.7 Å². The van der Waals surface area contributed by atoms with E-state index in [0.717, 1.165) is 12.1 Å². The quantitative estimate of drug-likeness (QED) is 0.870. The minimum absolute atomic E-state index is 0.521. The zero-order chi connectivity index (χ0) is 12.5. The van der Waals surface area contributed by atoms with E-state index in [9.17, 15) is 0 Å². The number of nitrogens with two attached hydrogens (primary N) is 1. The minimum Gasteiger partial charge on any atom is -0.319 e. The third-order valence-corrected chi connectivity index (χ3v) is 2.96. The summed E-state index contributed by atoms with van der Waals surface area (Å²) in [4.78, 5) is 0. The van der Waals surface area contributed by atoms with Gasteiger partial charge in [-0.05, 0) is 48.4 Å². The Morgan fingerprint density at radius 3 is 2.82 bits per heavy atom. The highest BCUT2D eigenvalue weighted by molar-refractivity contribution is 5.35. The molecule has 1 aromatic carbocycles. The Kier molecular flexibility index (Phi) is 2.93. The lowest BCUT2D eigenvalue weighted by atomic mass is 9.99. The van der Waals surface area contributed by atoms with Gasteiger partial charge in [-0.15, -0.1) is 5.10 Å². The van der Waals surface area contributed by atoms with E-state index < -0.39 is 5.54 Å². The molecule has 0 aliphatic carbocycles. The molecule has 0 spiro atoms. The first-order valence-electron chi connectivity index (χ1n) is 5.69. The van der Waals surface area contributed by atoms with E-state index in [-0.39, 0.29) is 0 Å². The van der Waals surface area contributed by atoms with E-state index in [0.29, 0.717) is 5.82 Å². The normalized spacial score (nSPS) is 14.6. The van der Waals surface area contributed by atoms with Crippen LogP contribution < -0.4 is 5.73 Å². The van der Waals surface area contributed by atoms with Crippen molar-refractivity contribution in [2.75, 3.05) is 0 Å². The SMILES string of the molecule is CC[C@](C)(N)c1nnnn1-c1cccc(C)c1. The zero-order valence-electron chi connectivity index (χ0n) is 10.4. The average Bonchev–Trinajstić information content (AvgIpc) is 2.78. The Morgan fingerprint density at radius 1 is 1.41 bits per heavy atom. The van der Waals surface area contributed by atoms with Gasteiger partial charge in [0, 0.05) is 0 Å². The van der Waals surface area contributed by atoms with Crippen molar-refractivity contribution in [3.8, 4) is 5.69 Å². The number of aromatic nitrogens is 4. The van der Waals surface area contributed by atoms with Crippen LogP contribution in [0.3, 0.4) is 0 Å². The van der Waals surface area contributed by atoms with Crippen LogP contribution in [0.25, 0.3) is 5.69 Å². The topological polar surface area (TPSA) is 69.6 Å². The van der Waals surface area contributed by atoms with Crippen LogP contribution in [0.15, 0.2) is 24.3 Å². The van der Waals surface area contributed by atoms with Crippen molar-refractivity contribution in [1.29, 1.82) is 0 Å². The summed E-state index contributed by atoms with van der Waals surface area (Å²) >= 11 is 0. The highest BCUT2D eigenvalue weighted by atomic mass is 15.5. The summed E-state index contributed by atoms with van der Waals surface area (Å²) in [6.07, 6.45) is 0.777. The van der Waals surface area contributed by atoms with E-state index in [1.165, 1.54) is 5.56 Å². The minimum atomic E-state index is -0.521. The highest BCUT2D eigenvalue weighted by Crippen LogP contribution is 2.21. The summed E-state index contributed by atoms with van der Waals surface area (Å²) in [5.74, 6) is 0.686. The molecule has 1 heterocycles. The van der Waals surface area contributed by atoms with Crippen LogP contribution >= 0.6 is 0 Å². The first kappa shape index (κ1) is 11.7. The van der Waals surface area contributed by atoms with Crippen LogP contribution in [0.2, 0.25) is 0 Å². The largest absolute Gasteiger partial charge is 0.319 e. The molecule has 0 bridgehead atoms. The standard InChI is InChI=1S/C12H17N5/c1-4-12(3,13)11-14-15-16-17(11)10-7-5-6-9(2)8-10/h5-8H,4,13H2,1-3H3/t12-/m0/s1. The Hall–Kier alpha value is -1.75. The second-order valence-electron chi connectivity index (χ2n) is 4.52. The van der Waals surface area contributed by atoms with Crippen molar-refractivity contribution < 1.29 is 0 Å². The number of aryl methyl sites for hydroxylation is 1. The highest BCUT2D eigenvalue weighted by Gasteiger charge is 2.26. The third kappa shape index (κ3) is 2.19. The summed E-state index contributed by atoms with van der Waals surface area (Å²) in [6, 6.07) is 8.02. The molecular formula is C12H17N5. The molecule has 1 aromatic heterocycles. The second kappa shape index (κ2) is 4.25. The first-order valence-corrected chi connectivity index (χ1v) is 5.69. The van der Waals surface area contributed by atoms with Gasteiger partial charge in [0.1, 0.15) is 0 Å². The fourth-order valence-corrected chi connectivity index (χ4v) is 1.63. The van der Waals surface area contributed by atoms with Crippen LogP contribution in [0.5, 0.6) is 0 Å². The van der Waals surface area contributed by atoms with Crippen molar-refractivity contribution >= 4 is 0 Å². The predicted octanol–water partition coefficient (Wildman–Crippen LogP) is 1.55. The van der Waals surface area contributed by atoms with Gasteiger partial charge in [0.25, 0.3) is 0 Å². The molecule has 2 rings (SSSR count). The zero-order valence-corrected chi connectivity index (χ0v) is 10.4. The predicted molar refractivity (Wildman–Crippen MR) is 65.7 cm³/mol. The van der Waals surface area contributed by atoms with Gasteiger partial charge < -0.3 is 5.73 Å². The molecule has 0 fully saturated rings. The molecule has 90 valence electrons. The number of hydrogen-bond donors (Lipinski definition) is 1. The van der Waals surface area contributed by atoms with Gasteiger partial charge in [-0.3, -0.25) is 0 Å². The van der Waals surface area contributed by atoms with Gasteiger partial charge in [-0.1, -0.05) is 19.1 Å². The molecule has 0 radical (unpaired) electrons. The Labute approximate surface area is 101 Å². The molecule has 0 saturated heterocycles. The maximum atomic E-state index is 6.19. The van der Waals surface area contributed by atoms with Gasteiger partial charge in [0.05, 0.1) is 11.2 Å². The average molecular weight is 231 g/mol. The van der Waals surface area contributed by atoms with Crippen LogP contribution in [0.4, 0.5) is 0 Å². The van der Waals surface area contributed by atoms with Crippen LogP contribution in [-0.2, 0) is 5.54 Å². The molecule has 2 aromatic rings. The molecule has 17 heavy (non-hydrogen) atoms. The smallest absolute Gasteiger partial charge is 0.176 e. The lowest BCUT2D eigenvalue weighted by molar-refractivity contribution is 0.433. The van der Waals surface area contributed by atoms with Crippen LogP contribution in [0, 0.1) is 6.92 Å². The Bertz CT molecular complexity index is 515. The molecular weight excluding hydrogens is 214 g/mol. The molecule has 0 unspecified atom stereocenters. The van der Waals surface area contributed by atoms with E-state index in [2.05, 4.69) is 15.5 Å². The number of nitrogens with zero attached hydrogens (tertiary/aromatic N) is 4. The number of tetrazole rings is 1. The molecule has 5 nitrogen and oxygen atoms in total. The van der Waals surface area contributed by atoms with Gasteiger partial charge in [0.15, 0.2) is 5.82 Å². The van der Waals surface area contributed by atoms with Crippen molar-refractivity contribution in [3.05, 3.63) is 35.7 Å². The third-order valence-electron chi connectivity index (χ3n) is 2.96. The second-order valence-corrected chi connectivity index (χ2v) is 4.52. The van der Waals surface area contributed by atoms with Crippen molar-refractivity contribution in [1.82, 2.24) is 20.2 Å². The van der Waals surface area contributed by atoms with Crippen molar-refractivity contribution in [3.63, 3.8) is 0 Å². The van der Waals surface area contributed by atoms with Crippen molar-refractivity contribution in [2.45, 2.75) is 32.7 Å². The summed E-state index contributed by atoms with van der Waals surface area (Å²) < 4.78 is 1.70. The molecule has 5 heteroatoms. The summed E-state index contributed by atoms with van der Waals surface area (Å²) in [5, 5.41) is 11.8. The fourth-order valence-electron chi connectivity index (χ4n) is 1.63. The van der Waals surface area contributed by atoms with E-state index in [1.807, 2.05) is 45.0 Å². The van der Waals surface area contributed by atoms with Crippen molar-refractivity contribution in [2.24, 2.45) is 5.73 Å². The fraction of sp³-hybridized carbons (Fsp3) is 0.417. The molecule has 1 atom stereocenters. The van der Waals surface area contributed by atoms with E-state index >= 15 is 0 Å². The molecule has 0 aliphatic rings. The Morgan fingerprint density at radius 2 is 2.18 bits per heavy atom. The van der Waals surface area contributed by atoms with Crippen LogP contribution in [-0.4, -0.2) is 20.2 Å². The van der Waals surface area contributed by atoms with E-state index in [4.69, 9.17) is 5.73 Å². The monoisotopic (exact) mass is 231 g/mol. The summed E-state index contributed by atoms with van der Waals surface area (Å²) in [6.45, 7) is 6.00. The maximum Gasteiger partial charge on any atom is 0.176 e. The lowest BCUT2D eigenvalue weighted by Gasteiger charge is -2.21. The summed E-state index contributed by atoms with van der Waals surface area (Å²) in [5.41, 5.74) is 7.78. The lowest BCUT2D eigenvalue weighted by Crippen LogP contribution is -2.35. The first-order chi connectivity index (χ1) is 8.04. The van der Waals surface area contributed by atoms with Gasteiger partial charge in [-0.2, -0.15) is 4.68 Å². The number of benzene rings is 1. The van der Waals surface area contributed by atoms with Gasteiger partial charge in [-0.25, -0.2) is 0 Å². The summed E-state index contributed by atoms with van der Waals surface area (Å²) in [7, 11) is 0. The van der Waals surface area contributed by atoms with E-state index in [1.54, 1.807) is 4.68 Å². The molecule has 0 aliphatic heterocycles.